The van der Waals surface area contributed by atoms with Crippen LogP contribution in [0.1, 0.15) is 13.3 Å². The van der Waals surface area contributed by atoms with Gasteiger partial charge < -0.3 is 5.11 Å². The lowest BCUT2D eigenvalue weighted by atomic mass is 10.1. The van der Waals surface area contributed by atoms with Crippen LogP contribution in [0.3, 0.4) is 0 Å². The zero-order valence-corrected chi connectivity index (χ0v) is 4.51. The third-order valence-electron chi connectivity index (χ3n) is 0.607. The number of aliphatic carboxylic acids is 1. The maximum absolute atomic E-state index is 9.80. The van der Waals surface area contributed by atoms with E-state index in [4.69, 9.17) is 10.4 Å². The molecule has 43 valence electrons. The maximum atomic E-state index is 9.80. The van der Waals surface area contributed by atoms with Crippen molar-refractivity contribution in [2.24, 2.45) is 0 Å². The van der Waals surface area contributed by atoms with Crippen LogP contribution in [-0.2, 0) is 4.79 Å². The Bertz CT molecular complexity index is 125. The molecule has 0 aliphatic carbocycles. The van der Waals surface area contributed by atoms with Gasteiger partial charge in [-0.1, -0.05) is 0 Å². The molecule has 0 saturated carbocycles. The largest absolute Gasteiger partial charge is 0.481 e. The number of carboxylic acid groups (broad SMARTS) is 1. The van der Waals surface area contributed by atoms with Crippen LogP contribution in [-0.4, -0.2) is 11.1 Å². The van der Waals surface area contributed by atoms with Crippen LogP contribution in [0.4, 0.5) is 0 Å². The van der Waals surface area contributed by atoms with E-state index in [2.05, 4.69) is 0 Å². The van der Waals surface area contributed by atoms with Crippen LogP contribution in [0, 0.1) is 17.2 Å². The number of hydrogen-bond acceptors (Lipinski definition) is 2. The van der Waals surface area contributed by atoms with E-state index in [1.54, 1.807) is 6.07 Å². The van der Waals surface area contributed by atoms with Crippen LogP contribution in [0.25, 0.3) is 0 Å². The van der Waals surface area contributed by atoms with Gasteiger partial charge in [0.05, 0.1) is 18.4 Å². The smallest absolute Gasteiger partial charge is 0.305 e. The first kappa shape index (κ1) is 6.96. The Morgan fingerprint density at radius 2 is 2.38 bits per heavy atom. The van der Waals surface area contributed by atoms with Crippen LogP contribution in [0.2, 0.25) is 0 Å². The molecule has 3 heteroatoms. The van der Waals surface area contributed by atoms with Crippen molar-refractivity contribution < 1.29 is 9.90 Å². The highest BCUT2D eigenvalue weighted by molar-refractivity contribution is 5.69. The number of hydrogen-bond donors (Lipinski definition) is 1. The van der Waals surface area contributed by atoms with Crippen molar-refractivity contribution in [3.63, 3.8) is 0 Å². The minimum Gasteiger partial charge on any atom is -0.481 e. The molecule has 0 heterocycles. The standard InChI is InChI=1S/C5H6NO2/c1-4(3-6)2-5(7)8/h2H2,1H3,(H,7,8). The molecule has 0 rings (SSSR count). The molecular formula is C5H6NO2. The van der Waals surface area contributed by atoms with Gasteiger partial charge in [-0.05, 0) is 6.92 Å². The Labute approximate surface area is 47.5 Å². The Morgan fingerprint density at radius 3 is 2.50 bits per heavy atom. The van der Waals surface area contributed by atoms with Crippen LogP contribution >= 0.6 is 0 Å². The predicted octanol–water partition coefficient (Wildman–Crippen LogP) is 0.579. The molecular weight excluding hydrogens is 106 g/mol. The quantitative estimate of drug-likeness (QED) is 0.568. The Kier molecular flexibility index (Phi) is 2.63. The Morgan fingerprint density at radius 1 is 1.88 bits per heavy atom. The van der Waals surface area contributed by atoms with Gasteiger partial charge in [0.15, 0.2) is 0 Å². The normalized spacial score (nSPS) is 8.62. The molecule has 1 N–H and O–H groups in total. The number of carbonyl (C=O) groups is 1. The first-order valence-corrected chi connectivity index (χ1v) is 2.11. The number of nitriles is 1. The number of nitrogens with zero attached hydrogens (tertiary/aromatic N) is 1. The third kappa shape index (κ3) is 3.16. The first-order valence-electron chi connectivity index (χ1n) is 2.11. The zero-order valence-electron chi connectivity index (χ0n) is 4.51. The molecule has 0 atom stereocenters. The summed E-state index contributed by atoms with van der Waals surface area (Å²) in [5, 5.41) is 16.1. The fourth-order valence-electron chi connectivity index (χ4n) is 0.266. The van der Waals surface area contributed by atoms with E-state index in [1.807, 2.05) is 0 Å². The van der Waals surface area contributed by atoms with E-state index >= 15 is 0 Å². The lowest BCUT2D eigenvalue weighted by Gasteiger charge is -1.90. The zero-order chi connectivity index (χ0) is 6.57. The van der Waals surface area contributed by atoms with Gasteiger partial charge in [-0.3, -0.25) is 4.79 Å². The van der Waals surface area contributed by atoms with Crippen LogP contribution in [0.15, 0.2) is 0 Å². The molecule has 0 aliphatic rings. The van der Waals surface area contributed by atoms with Gasteiger partial charge in [0.1, 0.15) is 0 Å². The van der Waals surface area contributed by atoms with Crippen LogP contribution < -0.4 is 0 Å². The Balaban J connectivity index is 3.43. The van der Waals surface area contributed by atoms with Crippen molar-refractivity contribution in [1.29, 1.82) is 5.26 Å². The van der Waals surface area contributed by atoms with Gasteiger partial charge in [0.2, 0.25) is 0 Å². The fraction of sp³-hybridized carbons (Fsp3) is 0.400. The van der Waals surface area contributed by atoms with Crippen molar-refractivity contribution in [1.82, 2.24) is 0 Å². The number of carboxylic acids is 1. The van der Waals surface area contributed by atoms with E-state index in [9.17, 15) is 4.79 Å². The third-order valence-corrected chi connectivity index (χ3v) is 0.607. The Hall–Kier alpha value is -1.04. The van der Waals surface area contributed by atoms with E-state index in [0.29, 0.717) is 5.92 Å². The second kappa shape index (κ2) is 3.03. The monoisotopic (exact) mass is 112 g/mol. The lowest BCUT2D eigenvalue weighted by molar-refractivity contribution is -0.136. The van der Waals surface area contributed by atoms with Crippen LogP contribution in [0.5, 0.6) is 0 Å². The second-order valence-corrected chi connectivity index (χ2v) is 1.46. The minimum atomic E-state index is -0.955. The van der Waals surface area contributed by atoms with Gasteiger partial charge in [-0.2, -0.15) is 5.26 Å². The van der Waals surface area contributed by atoms with Crippen molar-refractivity contribution in [3.05, 3.63) is 5.92 Å². The average Bonchev–Trinajstić information content (AvgIpc) is 1.65. The topological polar surface area (TPSA) is 61.1 Å². The highest BCUT2D eigenvalue weighted by atomic mass is 16.4. The molecule has 0 aromatic rings. The summed E-state index contributed by atoms with van der Waals surface area (Å²) in [5.41, 5.74) is 0. The molecule has 0 amide bonds. The minimum absolute atomic E-state index is 0.142. The lowest BCUT2D eigenvalue weighted by Crippen LogP contribution is -1.99. The van der Waals surface area contributed by atoms with Crippen molar-refractivity contribution >= 4 is 5.97 Å². The predicted molar refractivity (Wildman–Crippen MR) is 26.8 cm³/mol. The summed E-state index contributed by atoms with van der Waals surface area (Å²) in [6, 6.07) is 1.73. The van der Waals surface area contributed by atoms with E-state index < -0.39 is 5.97 Å². The summed E-state index contributed by atoms with van der Waals surface area (Å²) in [7, 11) is 0. The van der Waals surface area contributed by atoms with Gasteiger partial charge >= 0.3 is 5.97 Å². The SMILES string of the molecule is C[C](C#N)CC(=O)O. The van der Waals surface area contributed by atoms with Gasteiger partial charge in [-0.25, -0.2) is 0 Å². The second-order valence-electron chi connectivity index (χ2n) is 1.46. The molecule has 0 fully saturated rings. The average molecular weight is 112 g/mol. The van der Waals surface area contributed by atoms with Gasteiger partial charge in [-0.15, -0.1) is 0 Å². The summed E-state index contributed by atoms with van der Waals surface area (Å²) >= 11 is 0. The van der Waals surface area contributed by atoms with E-state index in [1.165, 1.54) is 6.92 Å². The highest BCUT2D eigenvalue weighted by Gasteiger charge is 2.04. The maximum Gasteiger partial charge on any atom is 0.305 e. The summed E-state index contributed by atoms with van der Waals surface area (Å²) in [5.74, 6) is -0.624. The molecule has 0 saturated heterocycles. The van der Waals surface area contributed by atoms with Crippen molar-refractivity contribution in [3.8, 4) is 6.07 Å². The summed E-state index contributed by atoms with van der Waals surface area (Å²) in [6.07, 6.45) is -0.142. The first-order chi connectivity index (χ1) is 3.66. The molecule has 0 aliphatic heterocycles. The molecule has 0 aromatic carbocycles. The summed E-state index contributed by atoms with van der Waals surface area (Å²) in [4.78, 5) is 9.80. The van der Waals surface area contributed by atoms with E-state index in [-0.39, 0.29) is 6.42 Å². The highest BCUT2D eigenvalue weighted by Crippen LogP contribution is 1.99. The van der Waals surface area contributed by atoms with Crippen molar-refractivity contribution in [2.75, 3.05) is 0 Å². The van der Waals surface area contributed by atoms with Crippen molar-refractivity contribution in [2.45, 2.75) is 13.3 Å². The molecule has 8 heavy (non-hydrogen) atoms. The molecule has 1 radical (unpaired) electrons. The molecule has 0 aromatic heterocycles. The van der Waals surface area contributed by atoms with E-state index in [0.717, 1.165) is 0 Å². The fourth-order valence-corrected chi connectivity index (χ4v) is 0.266. The molecule has 3 nitrogen and oxygen atoms in total. The van der Waals surface area contributed by atoms with Gasteiger partial charge in [0.25, 0.3) is 0 Å². The number of rotatable bonds is 2. The molecule has 0 unspecified atom stereocenters. The summed E-state index contributed by atoms with van der Waals surface area (Å²) < 4.78 is 0. The summed E-state index contributed by atoms with van der Waals surface area (Å²) in [6.45, 7) is 1.49. The molecule has 0 spiro atoms. The molecule has 0 bridgehead atoms. The van der Waals surface area contributed by atoms with Gasteiger partial charge in [0, 0.05) is 0 Å².